The van der Waals surface area contributed by atoms with Crippen LogP contribution in [0.2, 0.25) is 0 Å². The number of fused-ring (bicyclic) bond motifs is 10. The fraction of sp³-hybridized carbons (Fsp3) is 0.964. The van der Waals surface area contributed by atoms with Gasteiger partial charge in [0.15, 0.2) is 11.6 Å². The van der Waals surface area contributed by atoms with Crippen molar-refractivity contribution in [3.05, 3.63) is 11.6 Å². The molecule has 378 valence electrons. The van der Waals surface area contributed by atoms with Gasteiger partial charge in [0.25, 0.3) is 0 Å². The highest BCUT2D eigenvalue weighted by atomic mass is 16.3. The Morgan fingerprint density at radius 1 is 0.552 bits per heavy atom. The lowest BCUT2D eigenvalue weighted by Crippen LogP contribution is -2.62. The molecule has 0 bridgehead atoms. The van der Waals surface area contributed by atoms with Gasteiger partial charge in [0, 0.05) is 12.8 Å². The first kappa shape index (κ1) is 49.9. The van der Waals surface area contributed by atoms with Gasteiger partial charge in [-0.1, -0.05) is 85.6 Å². The van der Waals surface area contributed by atoms with E-state index in [1.165, 1.54) is 64.2 Å². The number of hydrogen-bond donors (Lipinski definition) is 6. The maximum Gasteiger partial charge on any atom is 0.174 e. The van der Waals surface area contributed by atoms with E-state index >= 15 is 0 Å². The van der Waals surface area contributed by atoms with E-state index in [2.05, 4.69) is 104 Å². The van der Waals surface area contributed by atoms with Crippen LogP contribution in [-0.2, 0) is 12.8 Å². The fourth-order valence-corrected chi connectivity index (χ4v) is 20.4. The number of aromatic amines is 2. The Morgan fingerprint density at radius 2 is 1.00 bits per heavy atom. The normalized spacial score (nSPS) is 48.0. The van der Waals surface area contributed by atoms with Gasteiger partial charge in [-0.3, -0.25) is 0 Å². The zero-order valence-corrected chi connectivity index (χ0v) is 43.3. The summed E-state index contributed by atoms with van der Waals surface area (Å²) in [5, 5.41) is 73.8. The summed E-state index contributed by atoms with van der Waals surface area (Å²) in [6, 6.07) is 0. The summed E-state index contributed by atoms with van der Waals surface area (Å²) in [7, 11) is 0. The number of aromatic nitrogens is 8. The molecule has 8 saturated carbocycles. The average molecular weight is 931 g/mol. The molecule has 6 N–H and O–H groups in total. The summed E-state index contributed by atoms with van der Waals surface area (Å²) >= 11 is 0. The topological polar surface area (TPSA) is 190 Å². The average Bonchev–Trinajstić information content (AvgIpc) is 4.13. The van der Waals surface area contributed by atoms with Crippen molar-refractivity contribution in [3.63, 3.8) is 0 Å². The van der Waals surface area contributed by atoms with Crippen molar-refractivity contribution in [2.24, 2.45) is 110 Å². The summed E-state index contributed by atoms with van der Waals surface area (Å²) < 4.78 is 0. The van der Waals surface area contributed by atoms with Gasteiger partial charge < -0.3 is 20.4 Å². The first-order valence-electron chi connectivity index (χ1n) is 28.1. The van der Waals surface area contributed by atoms with Gasteiger partial charge in [0.05, 0.1) is 24.4 Å². The van der Waals surface area contributed by atoms with Gasteiger partial charge in [-0.15, -0.1) is 20.4 Å². The molecule has 8 aliphatic carbocycles. The van der Waals surface area contributed by atoms with Gasteiger partial charge in [0.1, 0.15) is 0 Å². The maximum atomic E-state index is 11.9. The summed E-state index contributed by atoms with van der Waals surface area (Å²) in [5.41, 5.74) is 1.26. The molecule has 0 spiro atoms. The summed E-state index contributed by atoms with van der Waals surface area (Å²) in [5.74, 6) is 10.1. The van der Waals surface area contributed by atoms with Crippen LogP contribution in [0.5, 0.6) is 0 Å². The van der Waals surface area contributed by atoms with Gasteiger partial charge >= 0.3 is 0 Å². The van der Waals surface area contributed by atoms with Crippen molar-refractivity contribution < 1.29 is 20.4 Å². The lowest BCUT2D eigenvalue weighted by atomic mass is 9.41. The zero-order valence-electron chi connectivity index (χ0n) is 43.3. The fourth-order valence-electron chi connectivity index (χ4n) is 20.4. The molecule has 2 aromatic rings. The third-order valence-electron chi connectivity index (χ3n) is 23.4. The third kappa shape index (κ3) is 8.71. The van der Waals surface area contributed by atoms with Crippen molar-refractivity contribution in [1.82, 2.24) is 41.2 Å². The predicted molar refractivity (Wildman–Crippen MR) is 261 cm³/mol. The van der Waals surface area contributed by atoms with Crippen LogP contribution in [0.15, 0.2) is 0 Å². The second-order valence-corrected chi connectivity index (χ2v) is 26.3. The molecule has 2 aromatic heterocycles. The molecule has 0 aromatic carbocycles. The van der Waals surface area contributed by atoms with Crippen LogP contribution < -0.4 is 0 Å². The summed E-state index contributed by atoms with van der Waals surface area (Å²) in [4.78, 5) is 0. The first-order valence-corrected chi connectivity index (χ1v) is 28.1. The molecule has 10 rings (SSSR count). The largest absolute Gasteiger partial charge is 0.393 e. The molecule has 0 aliphatic heterocycles. The van der Waals surface area contributed by atoms with Crippen molar-refractivity contribution in [2.75, 3.05) is 0 Å². The quantitative estimate of drug-likeness (QED) is 0.120. The number of rotatable bonds is 12. The van der Waals surface area contributed by atoms with E-state index in [0.717, 1.165) is 94.1 Å². The molecule has 8 aliphatic rings. The van der Waals surface area contributed by atoms with Gasteiger partial charge in [-0.2, -0.15) is 10.4 Å². The summed E-state index contributed by atoms with van der Waals surface area (Å²) in [6.45, 7) is 22.0. The van der Waals surface area contributed by atoms with E-state index in [1.54, 1.807) is 0 Å². The van der Waals surface area contributed by atoms with E-state index in [0.29, 0.717) is 93.2 Å². The number of aliphatic hydroxyl groups excluding tert-OH is 4. The van der Waals surface area contributed by atoms with Crippen molar-refractivity contribution in [3.8, 4) is 0 Å². The molecule has 12 heteroatoms. The molecule has 0 saturated heterocycles. The predicted octanol–water partition coefficient (Wildman–Crippen LogP) is 9.82. The minimum Gasteiger partial charge on any atom is -0.393 e. The Bertz CT molecular complexity index is 1900. The molecule has 67 heavy (non-hydrogen) atoms. The molecule has 0 radical (unpaired) electrons. The first-order chi connectivity index (χ1) is 32.0. The van der Waals surface area contributed by atoms with E-state index in [4.69, 9.17) is 0 Å². The molecule has 2 heterocycles. The number of aliphatic hydroxyl groups is 4. The molecule has 0 amide bonds. The van der Waals surface area contributed by atoms with E-state index in [-0.39, 0.29) is 29.8 Å². The Hall–Kier alpha value is -2.02. The van der Waals surface area contributed by atoms with E-state index in [9.17, 15) is 20.4 Å². The standard InChI is InChI=1S/C28H48N4O2.C27H46N4O2/c1-6-19-23-15-18(33)9-11-28(23,5)22-10-12-27(4)20(7-8-21(27)25(22)26(19)34)17(3)13-16(2)14-24-29-31-32-30-24;1-5-18-22-15-17(32)11-13-27(22,4)21-12-14-26(3)19(9-10-20(26)24(21)25(18)33)16(2)7-6-8-23-28-30-31-29-23/h16-23,25-26,33-34H,6-15H2,1-5H3,(H,29,30,31,32);16-22,24-25,32-33H,5-15H2,1-4H3,(H,28,29,30,31)/t16-,17+,18+,19+,20+,21?,22?,23-,25?,26+,27+,28+;16-,17-,18-,19-,20?,21?,22+,24?,25-,26-,27-/m01/s1. The SMILES string of the molecule is CC[C@H]1[C@@H](O)C2C3CC[C@H]([C@H](C)CCCc4nn[nH]n4)[C@@]3(C)CCC2[C@@]2(C)CC[C@@H](O)C[C@@H]12.CC[C@H]1[C@@H](O)C2C3CC[C@H]([C@H](C)C[C@H](C)Cc4nn[nH]n4)[C@@]3(C)CCC2[C@@]2(C)CC[C@@H](O)C[C@@H]12. The molecular weight excluding hydrogens is 837 g/mol. The van der Waals surface area contributed by atoms with Crippen molar-refractivity contribution in [2.45, 2.75) is 222 Å². The molecular formula is C55H94N8O4. The van der Waals surface area contributed by atoms with Crippen LogP contribution in [0.4, 0.5) is 0 Å². The minimum absolute atomic E-state index is 0.168. The lowest BCUT2D eigenvalue weighted by molar-refractivity contribution is -0.203. The minimum atomic E-state index is -0.200. The highest BCUT2D eigenvalue weighted by Crippen LogP contribution is 2.71. The number of nitrogens with one attached hydrogen (secondary N) is 2. The Balaban J connectivity index is 0.000000168. The van der Waals surface area contributed by atoms with Crippen molar-refractivity contribution in [1.29, 1.82) is 0 Å². The lowest BCUT2D eigenvalue weighted by Gasteiger charge is -2.64. The van der Waals surface area contributed by atoms with Crippen LogP contribution in [-0.4, -0.2) is 86.1 Å². The van der Waals surface area contributed by atoms with Gasteiger partial charge in [-0.25, -0.2) is 0 Å². The Morgan fingerprint density at radius 3 is 1.46 bits per heavy atom. The Labute approximate surface area is 404 Å². The number of aryl methyl sites for hydroxylation is 1. The van der Waals surface area contributed by atoms with E-state index in [1.807, 2.05) is 0 Å². The number of tetrazole rings is 2. The van der Waals surface area contributed by atoms with Crippen LogP contribution in [0, 0.1) is 110 Å². The highest BCUT2D eigenvalue weighted by Gasteiger charge is 2.67. The maximum absolute atomic E-state index is 11.9. The zero-order chi connectivity index (χ0) is 47.6. The Kier molecular flexibility index (Phi) is 14.6. The third-order valence-corrected chi connectivity index (χ3v) is 23.4. The van der Waals surface area contributed by atoms with Crippen LogP contribution in [0.1, 0.15) is 196 Å². The molecule has 8 fully saturated rings. The second kappa shape index (κ2) is 19.5. The van der Waals surface area contributed by atoms with Crippen LogP contribution >= 0.6 is 0 Å². The molecule has 6 unspecified atom stereocenters. The van der Waals surface area contributed by atoms with E-state index < -0.39 is 0 Å². The molecule has 12 nitrogen and oxygen atoms in total. The smallest absolute Gasteiger partial charge is 0.174 e. The number of H-pyrrole nitrogens is 2. The van der Waals surface area contributed by atoms with Gasteiger partial charge in [-0.05, 0) is 220 Å². The van der Waals surface area contributed by atoms with Crippen LogP contribution in [0.25, 0.3) is 0 Å². The van der Waals surface area contributed by atoms with Crippen LogP contribution in [0.3, 0.4) is 0 Å². The second-order valence-electron chi connectivity index (χ2n) is 26.3. The highest BCUT2D eigenvalue weighted by molar-refractivity contribution is 5.15. The molecule has 23 atom stereocenters. The number of nitrogens with zero attached hydrogens (tertiary/aromatic N) is 6. The monoisotopic (exact) mass is 931 g/mol. The summed E-state index contributed by atoms with van der Waals surface area (Å²) in [6.07, 6.45) is 23.0. The van der Waals surface area contributed by atoms with Crippen molar-refractivity contribution >= 4 is 0 Å². The number of hydrogen-bond acceptors (Lipinski definition) is 10. The van der Waals surface area contributed by atoms with Gasteiger partial charge in [0.2, 0.25) is 0 Å².